The number of aromatic nitrogens is 1. The minimum atomic E-state index is -1.46. The SMILES string of the molecule is CCN(C)C(=O)C1=C(OC2=C(F)c3cc(C)[nH]c3C(F)C2)[C@H](C)CC=CN=C1NC1=NC2CC2(C)C(c2ccccc2)=C1. The van der Waals surface area contributed by atoms with E-state index in [1.807, 2.05) is 44.2 Å². The van der Waals surface area contributed by atoms with Crippen molar-refractivity contribution in [3.63, 3.8) is 0 Å². The van der Waals surface area contributed by atoms with E-state index in [1.165, 1.54) is 5.57 Å². The number of alkyl halides is 1. The van der Waals surface area contributed by atoms with Crippen LogP contribution in [0.3, 0.4) is 0 Å². The van der Waals surface area contributed by atoms with Crippen molar-refractivity contribution in [1.82, 2.24) is 15.2 Å². The van der Waals surface area contributed by atoms with Crippen molar-refractivity contribution in [2.45, 2.75) is 59.2 Å². The van der Waals surface area contributed by atoms with Crippen molar-refractivity contribution in [1.29, 1.82) is 0 Å². The highest BCUT2D eigenvalue weighted by molar-refractivity contribution is 6.26. The van der Waals surface area contributed by atoms with Crippen LogP contribution in [0.4, 0.5) is 8.78 Å². The van der Waals surface area contributed by atoms with Gasteiger partial charge in [0, 0.05) is 48.8 Å². The zero-order valence-electron chi connectivity index (χ0n) is 25.2. The number of rotatable bonds is 5. The van der Waals surface area contributed by atoms with Crippen LogP contribution in [0.1, 0.15) is 68.7 Å². The summed E-state index contributed by atoms with van der Waals surface area (Å²) in [4.78, 5) is 28.0. The molecule has 4 aliphatic rings. The predicted octanol–water partition coefficient (Wildman–Crippen LogP) is 6.94. The minimum absolute atomic E-state index is 0.0434. The van der Waals surface area contributed by atoms with Crippen LogP contribution in [-0.2, 0) is 9.53 Å². The molecule has 7 nitrogen and oxygen atoms in total. The Hall–Kier alpha value is -4.27. The second-order valence-corrected chi connectivity index (χ2v) is 12.0. The molecule has 2 aliphatic heterocycles. The third-order valence-electron chi connectivity index (χ3n) is 8.85. The molecule has 1 aromatic heterocycles. The van der Waals surface area contributed by atoms with Gasteiger partial charge in [-0.3, -0.25) is 9.79 Å². The van der Waals surface area contributed by atoms with Crippen molar-refractivity contribution in [2.75, 3.05) is 13.6 Å². The molecule has 1 aromatic carbocycles. The molecular weight excluding hydrogens is 548 g/mol. The first-order valence-corrected chi connectivity index (χ1v) is 14.9. The van der Waals surface area contributed by atoms with Crippen LogP contribution in [0.15, 0.2) is 81.8 Å². The molecule has 2 aliphatic carbocycles. The maximum absolute atomic E-state index is 15.8. The fourth-order valence-electron chi connectivity index (χ4n) is 6.02. The zero-order valence-corrected chi connectivity index (χ0v) is 25.2. The Balaban J connectivity index is 1.43. The Bertz CT molecular complexity index is 1650. The maximum atomic E-state index is 15.8. The van der Waals surface area contributed by atoms with E-state index in [0.717, 1.165) is 12.0 Å². The number of carbonyl (C=O) groups is 1. The molecule has 43 heavy (non-hydrogen) atoms. The Morgan fingerprint density at radius 3 is 2.79 bits per heavy atom. The van der Waals surface area contributed by atoms with E-state index >= 15 is 8.78 Å². The molecule has 0 radical (unpaired) electrons. The third kappa shape index (κ3) is 5.26. The van der Waals surface area contributed by atoms with Crippen LogP contribution in [0.2, 0.25) is 0 Å². The van der Waals surface area contributed by atoms with Gasteiger partial charge in [-0.25, -0.2) is 13.8 Å². The summed E-state index contributed by atoms with van der Waals surface area (Å²) in [5, 5.41) is 3.33. The molecule has 0 saturated heterocycles. The molecular formula is C34H37F2N5O2. The van der Waals surface area contributed by atoms with Crippen molar-refractivity contribution in [3.05, 3.63) is 94.4 Å². The van der Waals surface area contributed by atoms with E-state index in [-0.39, 0.29) is 63.9 Å². The summed E-state index contributed by atoms with van der Waals surface area (Å²) >= 11 is 0. The van der Waals surface area contributed by atoms with Crippen LogP contribution in [0.5, 0.6) is 0 Å². The normalized spacial score (nSPS) is 26.4. The van der Waals surface area contributed by atoms with Crippen LogP contribution in [-0.4, -0.2) is 47.1 Å². The van der Waals surface area contributed by atoms with Gasteiger partial charge in [0.15, 0.2) is 5.83 Å². The third-order valence-corrected chi connectivity index (χ3v) is 8.85. The molecule has 9 heteroatoms. The second-order valence-electron chi connectivity index (χ2n) is 12.0. The molecule has 1 saturated carbocycles. The van der Waals surface area contributed by atoms with E-state index in [0.29, 0.717) is 24.5 Å². The van der Waals surface area contributed by atoms with Gasteiger partial charge >= 0.3 is 0 Å². The number of aliphatic imine (C=N–C) groups is 2. The lowest BCUT2D eigenvalue weighted by Crippen LogP contribution is -2.40. The summed E-state index contributed by atoms with van der Waals surface area (Å²) in [7, 11) is 1.69. The highest BCUT2D eigenvalue weighted by Gasteiger charge is 2.55. The largest absolute Gasteiger partial charge is 0.462 e. The number of nitrogens with zero attached hydrogens (tertiary/aromatic N) is 3. The number of H-pyrrole nitrogens is 1. The van der Waals surface area contributed by atoms with Gasteiger partial charge in [0.05, 0.1) is 11.7 Å². The molecule has 3 heterocycles. The monoisotopic (exact) mass is 585 g/mol. The summed E-state index contributed by atoms with van der Waals surface area (Å²) < 4.78 is 37.3. The second kappa shape index (κ2) is 11.1. The van der Waals surface area contributed by atoms with Gasteiger partial charge in [0.1, 0.15) is 34.9 Å². The molecule has 0 spiro atoms. The van der Waals surface area contributed by atoms with Gasteiger partial charge in [0.25, 0.3) is 5.91 Å². The number of halogens is 2. The highest BCUT2D eigenvalue weighted by Crippen LogP contribution is 2.58. The van der Waals surface area contributed by atoms with Crippen LogP contribution >= 0.6 is 0 Å². The minimum Gasteiger partial charge on any atom is -0.462 e. The number of hydrogen-bond donors (Lipinski definition) is 2. The maximum Gasteiger partial charge on any atom is 0.260 e. The first-order valence-electron chi connectivity index (χ1n) is 14.9. The molecule has 1 amide bonds. The molecule has 6 rings (SSSR count). The predicted molar refractivity (Wildman–Crippen MR) is 165 cm³/mol. The lowest BCUT2D eigenvalue weighted by atomic mass is 9.88. The van der Waals surface area contributed by atoms with Gasteiger partial charge in [-0.2, -0.15) is 0 Å². The molecule has 1 fully saturated rings. The number of aryl methyl sites for hydroxylation is 1. The topological polar surface area (TPSA) is 82.1 Å². The summed E-state index contributed by atoms with van der Waals surface area (Å²) in [6.07, 6.45) is 5.24. The fraction of sp³-hybridized carbons (Fsp3) is 0.382. The number of dihydropyridines is 1. The Kier molecular flexibility index (Phi) is 7.44. The number of carbonyl (C=O) groups excluding carboxylic acids is 1. The molecule has 2 aromatic rings. The molecule has 3 unspecified atom stereocenters. The highest BCUT2D eigenvalue weighted by atomic mass is 19.1. The molecule has 0 bridgehead atoms. The van der Waals surface area contributed by atoms with E-state index in [4.69, 9.17) is 9.73 Å². The van der Waals surface area contributed by atoms with Gasteiger partial charge in [-0.15, -0.1) is 0 Å². The Labute approximate surface area is 250 Å². The lowest BCUT2D eigenvalue weighted by Gasteiger charge is -2.28. The van der Waals surface area contributed by atoms with E-state index in [1.54, 1.807) is 31.1 Å². The van der Waals surface area contributed by atoms with Crippen LogP contribution in [0, 0.1) is 18.3 Å². The van der Waals surface area contributed by atoms with Crippen molar-refractivity contribution in [3.8, 4) is 0 Å². The number of fused-ring (bicyclic) bond motifs is 2. The number of allylic oxidation sites excluding steroid dienone is 3. The van der Waals surface area contributed by atoms with Gasteiger partial charge in [-0.1, -0.05) is 50.3 Å². The molecule has 2 N–H and O–H groups in total. The summed E-state index contributed by atoms with van der Waals surface area (Å²) in [5.74, 6) is -0.344. The summed E-state index contributed by atoms with van der Waals surface area (Å²) in [6.45, 7) is 8.18. The van der Waals surface area contributed by atoms with Gasteiger partial charge < -0.3 is 19.9 Å². The Morgan fingerprint density at radius 1 is 1.28 bits per heavy atom. The van der Waals surface area contributed by atoms with Crippen LogP contribution in [0.25, 0.3) is 11.4 Å². The number of amidine groups is 2. The van der Waals surface area contributed by atoms with E-state index < -0.39 is 12.0 Å². The van der Waals surface area contributed by atoms with E-state index in [9.17, 15) is 4.79 Å². The average Bonchev–Trinajstić information content (AvgIpc) is 3.51. The van der Waals surface area contributed by atoms with Gasteiger partial charge in [-0.05, 0) is 50.0 Å². The Morgan fingerprint density at radius 2 is 2.05 bits per heavy atom. The first-order chi connectivity index (χ1) is 20.6. The lowest BCUT2D eigenvalue weighted by molar-refractivity contribution is -0.125. The van der Waals surface area contributed by atoms with Crippen molar-refractivity contribution >= 4 is 29.0 Å². The number of benzene rings is 1. The number of likely N-dealkylation sites (N-methyl/N-ethyl adjacent to an activating group) is 1. The van der Waals surface area contributed by atoms with E-state index in [2.05, 4.69) is 34.3 Å². The zero-order chi connectivity index (χ0) is 30.5. The molecule has 4 atom stereocenters. The van der Waals surface area contributed by atoms with Gasteiger partial charge in [0.2, 0.25) is 0 Å². The average molecular weight is 586 g/mol. The standard InChI is InChI=1S/C34H37F2N5O2/c1-6-41(5)33(42)28-31(43-25-17-24(35)30-22(29(25)36)15-20(3)38-30)19(2)11-10-14-37-32(28)40-27-16-23(21-12-8-7-9-13-21)34(4)18-26(34)39-27/h7-10,12-16,19,24,26,38H,6,11,17-18H2,1-5H3,(H,37,39,40)/t19-,24?,26?,34?/m1/s1. The smallest absolute Gasteiger partial charge is 0.260 e. The van der Waals surface area contributed by atoms with Crippen molar-refractivity contribution < 1.29 is 18.3 Å². The number of amides is 1. The first kappa shape index (κ1) is 28.8. The quantitative estimate of drug-likeness (QED) is 0.399. The fourth-order valence-corrected chi connectivity index (χ4v) is 6.02. The summed E-state index contributed by atoms with van der Waals surface area (Å²) in [6, 6.07) is 11.9. The van der Waals surface area contributed by atoms with Crippen LogP contribution < -0.4 is 5.32 Å². The number of ether oxygens (including phenoxy) is 1. The number of hydrogen-bond acceptors (Lipinski definition) is 5. The molecule has 224 valence electrons. The van der Waals surface area contributed by atoms with Crippen molar-refractivity contribution in [2.24, 2.45) is 21.3 Å². The number of aromatic amines is 1. The number of nitrogens with one attached hydrogen (secondary N) is 2. The summed E-state index contributed by atoms with van der Waals surface area (Å²) in [5.41, 5.74) is 3.45.